The van der Waals surface area contributed by atoms with Crippen molar-refractivity contribution in [3.8, 4) is 0 Å². The smallest absolute Gasteiger partial charge is 0.345 e. The molecular weight excluding hydrogens is 1130 g/mol. The normalized spacial score (nSPS) is 11.9. The molecule has 0 amide bonds. The monoisotopic (exact) mass is 1210 g/mol. The number of hydrogen-bond acceptors (Lipinski definition) is 18. The van der Waals surface area contributed by atoms with Crippen molar-refractivity contribution >= 4 is 137 Å². The molecule has 3 aromatic carbocycles. The predicted molar refractivity (Wildman–Crippen MR) is 339 cm³/mol. The lowest BCUT2D eigenvalue weighted by molar-refractivity contribution is -0.146. The van der Waals surface area contributed by atoms with Crippen LogP contribution in [0.4, 0.5) is 34.9 Å². The lowest BCUT2D eigenvalue weighted by Crippen LogP contribution is -2.33. The zero-order valence-electron chi connectivity index (χ0n) is 50.6. The number of anilines is 6. The highest BCUT2D eigenvalue weighted by molar-refractivity contribution is 6.78. The minimum Gasteiger partial charge on any atom is -0.466 e. The summed E-state index contributed by atoms with van der Waals surface area (Å²) in [7, 11) is -10.8. The molecule has 1 aromatic heterocycles. The summed E-state index contributed by atoms with van der Waals surface area (Å²) in [4.78, 5) is 94.0. The van der Waals surface area contributed by atoms with Gasteiger partial charge in [-0.2, -0.15) is 15.0 Å². The van der Waals surface area contributed by atoms with Crippen molar-refractivity contribution in [2.24, 2.45) is 0 Å². The third-order valence-corrected chi connectivity index (χ3v) is 16.3. The summed E-state index contributed by atoms with van der Waals surface area (Å²) in [6.45, 7) is 37.1. The fourth-order valence-corrected chi connectivity index (χ4v) is 9.57. The van der Waals surface area contributed by atoms with E-state index in [1.165, 1.54) is 18.2 Å². The van der Waals surface area contributed by atoms with E-state index in [9.17, 15) is 28.8 Å². The lowest BCUT2D eigenvalue weighted by Gasteiger charge is -2.18. The topological polar surface area (TPSA) is 233 Å². The van der Waals surface area contributed by atoms with Gasteiger partial charge in [0.15, 0.2) is 0 Å². The van der Waals surface area contributed by atoms with Gasteiger partial charge in [-0.05, 0) is 71.3 Å². The fourth-order valence-electron chi connectivity index (χ4n) is 6.18. The van der Waals surface area contributed by atoms with Crippen LogP contribution in [0.5, 0.6) is 0 Å². The predicted octanol–water partition coefficient (Wildman–Crippen LogP) is 11.8. The highest BCUT2D eigenvalue weighted by atomic mass is 28.3. The number of nitrogens with zero attached hydrogens (tertiary/aromatic N) is 3. The van der Waals surface area contributed by atoms with Crippen molar-refractivity contribution in [2.75, 3.05) is 53.3 Å². The number of nitrogens with one attached hydrogen (secondary N) is 3. The van der Waals surface area contributed by atoms with Crippen LogP contribution in [0.1, 0.15) is 16.7 Å². The number of carbonyl (C=O) groups is 6. The first-order valence-electron chi connectivity index (χ1n) is 26.8. The Hall–Kier alpha value is -6.59. The van der Waals surface area contributed by atoms with Crippen molar-refractivity contribution in [3.63, 3.8) is 0 Å². The van der Waals surface area contributed by atoms with E-state index in [0.29, 0.717) is 33.8 Å². The molecule has 3 N–H and O–H groups in total. The van der Waals surface area contributed by atoms with E-state index in [1.54, 1.807) is 72.8 Å². The fraction of sp³-hybridized carbons (Fsp3) is 0.421. The molecule has 0 spiro atoms. The molecule has 24 heteroatoms. The first kappa shape index (κ1) is 66.9. The summed E-state index contributed by atoms with van der Waals surface area (Å²) in [5.74, 6) is -4.11. The molecule has 0 fully saturated rings. The van der Waals surface area contributed by atoms with Gasteiger partial charge in [-0.3, -0.25) is 0 Å². The highest BCUT2D eigenvalue weighted by Crippen LogP contribution is 2.25. The zero-order valence-corrected chi connectivity index (χ0v) is 56.6. The number of rotatable bonds is 27. The summed E-state index contributed by atoms with van der Waals surface area (Å²) in [6.07, 6.45) is 5.80. The molecule has 0 atom stereocenters. The summed E-state index contributed by atoms with van der Waals surface area (Å²) < 4.78 is 33.6. The van der Waals surface area contributed by atoms with Crippen molar-refractivity contribution in [3.05, 3.63) is 106 Å². The molecule has 18 nitrogen and oxygen atoms in total. The minimum absolute atomic E-state index is 0.125. The van der Waals surface area contributed by atoms with E-state index in [-0.39, 0.29) is 71.9 Å². The molecule has 4 rings (SSSR count). The second-order valence-electron chi connectivity index (χ2n) is 27.0. The molecule has 438 valence electrons. The van der Waals surface area contributed by atoms with Crippen molar-refractivity contribution in [1.29, 1.82) is 0 Å². The van der Waals surface area contributed by atoms with Gasteiger partial charge >= 0.3 is 35.8 Å². The average molecular weight is 1210 g/mol. The van der Waals surface area contributed by atoms with Crippen LogP contribution in [0.15, 0.2) is 89.5 Å². The van der Waals surface area contributed by atoms with Crippen LogP contribution in [0.2, 0.25) is 118 Å². The van der Waals surface area contributed by atoms with E-state index >= 15 is 0 Å². The van der Waals surface area contributed by atoms with Crippen molar-refractivity contribution < 1.29 is 57.2 Å². The number of esters is 6. The maximum atomic E-state index is 13.3. The Morgan fingerprint density at radius 3 is 0.617 bits per heavy atom. The van der Waals surface area contributed by atoms with Crippen molar-refractivity contribution in [2.45, 2.75) is 118 Å². The van der Waals surface area contributed by atoms with Gasteiger partial charge in [0.2, 0.25) is 17.8 Å². The molecule has 1 heterocycles. The van der Waals surface area contributed by atoms with Gasteiger partial charge in [0.1, 0.15) is 16.7 Å². The highest BCUT2D eigenvalue weighted by Gasteiger charge is 2.30. The van der Waals surface area contributed by atoms with Gasteiger partial charge < -0.3 is 44.4 Å². The molecule has 0 saturated heterocycles. The Balaban J connectivity index is 1.73. The van der Waals surface area contributed by atoms with Gasteiger partial charge in [-0.15, -0.1) is 0 Å². The van der Waals surface area contributed by atoms with E-state index in [2.05, 4.69) is 149 Å². The average Bonchev–Trinajstić information content (AvgIpc) is 3.36. The Bertz CT molecular complexity index is 2540. The summed E-state index contributed by atoms with van der Waals surface area (Å²) >= 11 is 0. The summed E-state index contributed by atoms with van der Waals surface area (Å²) in [5.41, 5.74) is 2.67. The van der Waals surface area contributed by atoms with E-state index in [4.69, 9.17) is 28.4 Å². The summed E-state index contributed by atoms with van der Waals surface area (Å²) in [5, 5.41) is 9.66. The molecule has 0 unspecified atom stereocenters. The van der Waals surface area contributed by atoms with Gasteiger partial charge in [-0.1, -0.05) is 154 Å². The summed E-state index contributed by atoms with van der Waals surface area (Å²) in [6, 6.07) is 20.7. The number of hydrogen-bond donors (Lipinski definition) is 3. The SMILES string of the molecule is C[Si](C)(C)COC(=O)C(=Cc1ccc(Nc2nc(Nc3ccc(C=C(C(=O)OC[Si](C)(C)C)C(=O)OC[Si](C)(C)C)cc3)nc(Nc3ccc(C=C(C(=O)OC[Si](C)(C)C)C(=O)OC[Si](C)(C)C)cc3)n2)cc1)C(=O)OC[Si](C)(C)C. The van der Waals surface area contributed by atoms with Crippen LogP contribution in [-0.2, 0) is 57.2 Å². The molecule has 81 heavy (non-hydrogen) atoms. The van der Waals surface area contributed by atoms with Crippen LogP contribution in [0.3, 0.4) is 0 Å². The number of aromatic nitrogens is 3. The third-order valence-electron chi connectivity index (χ3n) is 10.2. The van der Waals surface area contributed by atoms with Crippen LogP contribution in [0.25, 0.3) is 18.2 Å². The quantitative estimate of drug-likeness (QED) is 0.0126. The van der Waals surface area contributed by atoms with Crippen LogP contribution in [0, 0.1) is 0 Å². The van der Waals surface area contributed by atoms with E-state index in [1.807, 2.05) is 0 Å². The Morgan fingerprint density at radius 1 is 0.309 bits per heavy atom. The van der Waals surface area contributed by atoms with Gasteiger partial charge in [0.25, 0.3) is 0 Å². The lowest BCUT2D eigenvalue weighted by atomic mass is 10.1. The first-order valence-corrected chi connectivity index (χ1v) is 49.1. The number of carbonyl (C=O) groups excluding carboxylic acids is 6. The van der Waals surface area contributed by atoms with Crippen molar-refractivity contribution in [1.82, 2.24) is 15.0 Å². The van der Waals surface area contributed by atoms with E-state index in [0.717, 1.165) is 0 Å². The molecule has 0 bridgehead atoms. The van der Waals surface area contributed by atoms with Crippen LogP contribution in [-0.4, -0.2) is 137 Å². The second-order valence-corrected chi connectivity index (χ2v) is 59.5. The van der Waals surface area contributed by atoms with Gasteiger partial charge in [-0.25, -0.2) is 28.8 Å². The molecule has 0 aliphatic carbocycles. The Kier molecular flexibility index (Phi) is 23.5. The Labute approximate surface area is 484 Å². The number of benzene rings is 3. The Morgan fingerprint density at radius 2 is 0.469 bits per heavy atom. The molecule has 0 saturated carbocycles. The van der Waals surface area contributed by atoms with Gasteiger partial charge in [0, 0.05) is 17.1 Å². The third kappa shape index (κ3) is 26.3. The minimum atomic E-state index is -1.80. The standard InChI is InChI=1S/C57H84N6O12Si6/c1-76(2,3)34-70-49(64)46(50(65)71-35-77(4,5)6)31-40-19-25-43(26-20-40)58-55-61-56(59-44-27-21-41(22-28-44)32-47(51(66)72-36-78(7,8)9)52(67)73-37-79(10,11)12)63-57(62-55)60-45-29-23-42(24-30-45)33-48(53(68)74-38-80(13,14)15)54(69)75-39-81(16,17)18/h19-33H,34-39H2,1-18H3,(H3,58,59,60,61,62,63). The van der Waals surface area contributed by atoms with Crippen LogP contribution < -0.4 is 16.0 Å². The molecule has 0 radical (unpaired) electrons. The van der Waals surface area contributed by atoms with Crippen LogP contribution >= 0.6 is 0 Å². The first-order chi connectivity index (χ1) is 37.3. The molecular formula is C57H84N6O12Si6. The maximum absolute atomic E-state index is 13.3. The number of ether oxygens (including phenoxy) is 6. The molecule has 0 aliphatic heterocycles. The maximum Gasteiger partial charge on any atom is 0.345 e. The van der Waals surface area contributed by atoms with Gasteiger partial charge in [0.05, 0.1) is 85.8 Å². The molecule has 0 aliphatic rings. The second kappa shape index (κ2) is 28.4. The largest absolute Gasteiger partial charge is 0.466 e. The van der Waals surface area contributed by atoms with E-state index < -0.39 is 84.3 Å². The molecule has 4 aromatic rings. The zero-order chi connectivity index (χ0) is 60.7.